The SMILES string of the molecule is COc1ccc(-c2nc(COC(=O)/C=C/c3cccc(C)c3)cs2)cc1OC. The third-order valence-electron chi connectivity index (χ3n) is 4.00. The molecular formula is C22H21NO4S. The van der Waals surface area contributed by atoms with E-state index in [1.54, 1.807) is 20.3 Å². The molecule has 0 saturated heterocycles. The van der Waals surface area contributed by atoms with E-state index < -0.39 is 5.97 Å². The van der Waals surface area contributed by atoms with E-state index in [0.717, 1.165) is 21.7 Å². The van der Waals surface area contributed by atoms with E-state index in [2.05, 4.69) is 4.98 Å². The van der Waals surface area contributed by atoms with Crippen molar-refractivity contribution in [1.29, 1.82) is 0 Å². The molecule has 0 aliphatic heterocycles. The summed E-state index contributed by atoms with van der Waals surface area (Å²) in [6, 6.07) is 13.5. The molecule has 0 N–H and O–H groups in total. The standard InChI is InChI=1S/C22H21NO4S/c1-15-5-4-6-16(11-15)7-10-21(24)27-13-18-14-28-22(23-18)17-8-9-19(25-2)20(12-17)26-3/h4-12,14H,13H2,1-3H3/b10-7+. The fraction of sp³-hybridized carbons (Fsp3) is 0.182. The Morgan fingerprint density at radius 1 is 1.11 bits per heavy atom. The Bertz CT molecular complexity index is 994. The first-order valence-electron chi connectivity index (χ1n) is 8.67. The van der Waals surface area contributed by atoms with Gasteiger partial charge in [-0.2, -0.15) is 0 Å². The normalized spacial score (nSPS) is 10.8. The molecule has 0 aliphatic rings. The maximum absolute atomic E-state index is 11.9. The Morgan fingerprint density at radius 2 is 1.93 bits per heavy atom. The van der Waals surface area contributed by atoms with E-state index in [-0.39, 0.29) is 6.61 Å². The first-order chi connectivity index (χ1) is 13.6. The highest BCUT2D eigenvalue weighted by molar-refractivity contribution is 7.13. The maximum atomic E-state index is 11.9. The molecule has 0 unspecified atom stereocenters. The summed E-state index contributed by atoms with van der Waals surface area (Å²) in [5.41, 5.74) is 3.72. The van der Waals surface area contributed by atoms with E-state index in [1.165, 1.54) is 17.4 Å². The van der Waals surface area contributed by atoms with E-state index in [1.807, 2.05) is 54.8 Å². The molecule has 0 saturated carbocycles. The van der Waals surface area contributed by atoms with Crippen LogP contribution in [0.3, 0.4) is 0 Å². The summed E-state index contributed by atoms with van der Waals surface area (Å²) in [5.74, 6) is 0.906. The summed E-state index contributed by atoms with van der Waals surface area (Å²) in [4.78, 5) is 16.5. The van der Waals surface area contributed by atoms with Gasteiger partial charge in [0, 0.05) is 17.0 Å². The van der Waals surface area contributed by atoms with Gasteiger partial charge in [-0.25, -0.2) is 9.78 Å². The van der Waals surface area contributed by atoms with Crippen LogP contribution in [0.4, 0.5) is 0 Å². The second-order valence-corrected chi connectivity index (χ2v) is 6.93. The van der Waals surface area contributed by atoms with Crippen LogP contribution in [-0.4, -0.2) is 25.2 Å². The number of hydrogen-bond acceptors (Lipinski definition) is 6. The van der Waals surface area contributed by atoms with Crippen molar-refractivity contribution in [2.45, 2.75) is 13.5 Å². The molecular weight excluding hydrogens is 374 g/mol. The molecule has 5 nitrogen and oxygen atoms in total. The van der Waals surface area contributed by atoms with Crippen LogP contribution < -0.4 is 9.47 Å². The quantitative estimate of drug-likeness (QED) is 0.421. The first kappa shape index (κ1) is 19.6. The van der Waals surface area contributed by atoms with Crippen molar-refractivity contribution < 1.29 is 19.0 Å². The Labute approximate surface area is 168 Å². The highest BCUT2D eigenvalue weighted by Crippen LogP contribution is 2.33. The van der Waals surface area contributed by atoms with Crippen molar-refractivity contribution >= 4 is 23.4 Å². The molecule has 0 radical (unpaired) electrons. The van der Waals surface area contributed by atoms with Gasteiger partial charge in [0.2, 0.25) is 0 Å². The molecule has 0 fully saturated rings. The number of hydrogen-bond donors (Lipinski definition) is 0. The van der Waals surface area contributed by atoms with Crippen molar-refractivity contribution in [2.24, 2.45) is 0 Å². The van der Waals surface area contributed by atoms with Crippen LogP contribution in [0.15, 0.2) is 53.9 Å². The van der Waals surface area contributed by atoms with Gasteiger partial charge >= 0.3 is 5.97 Å². The van der Waals surface area contributed by atoms with Gasteiger partial charge in [-0.3, -0.25) is 0 Å². The second-order valence-electron chi connectivity index (χ2n) is 6.07. The van der Waals surface area contributed by atoms with Crippen LogP contribution in [-0.2, 0) is 16.1 Å². The Hall–Kier alpha value is -3.12. The van der Waals surface area contributed by atoms with Gasteiger partial charge < -0.3 is 14.2 Å². The molecule has 2 aromatic carbocycles. The molecule has 1 aromatic heterocycles. The molecule has 3 aromatic rings. The smallest absolute Gasteiger partial charge is 0.331 e. The van der Waals surface area contributed by atoms with Gasteiger partial charge in [-0.1, -0.05) is 29.8 Å². The lowest BCUT2D eigenvalue weighted by atomic mass is 10.1. The van der Waals surface area contributed by atoms with Crippen molar-refractivity contribution in [3.05, 3.63) is 70.7 Å². The molecule has 3 rings (SSSR count). The number of carbonyl (C=O) groups excluding carboxylic acids is 1. The fourth-order valence-corrected chi connectivity index (χ4v) is 3.41. The third-order valence-corrected chi connectivity index (χ3v) is 4.94. The number of rotatable bonds is 7. The minimum atomic E-state index is -0.401. The minimum absolute atomic E-state index is 0.126. The molecule has 0 spiro atoms. The van der Waals surface area contributed by atoms with Gasteiger partial charge in [-0.05, 0) is 36.8 Å². The number of aryl methyl sites for hydroxylation is 1. The van der Waals surface area contributed by atoms with Crippen molar-refractivity contribution in [2.75, 3.05) is 14.2 Å². The monoisotopic (exact) mass is 395 g/mol. The molecule has 1 heterocycles. The average Bonchev–Trinajstić information content (AvgIpc) is 3.19. The molecule has 0 bridgehead atoms. The van der Waals surface area contributed by atoms with Crippen LogP contribution in [0.25, 0.3) is 16.6 Å². The number of methoxy groups -OCH3 is 2. The first-order valence-corrected chi connectivity index (χ1v) is 9.55. The number of ether oxygens (including phenoxy) is 3. The highest BCUT2D eigenvalue weighted by Gasteiger charge is 2.10. The van der Waals surface area contributed by atoms with Gasteiger partial charge in [0.05, 0.1) is 19.9 Å². The largest absolute Gasteiger partial charge is 0.493 e. The Balaban J connectivity index is 1.61. The van der Waals surface area contributed by atoms with Gasteiger partial charge in [0.1, 0.15) is 11.6 Å². The van der Waals surface area contributed by atoms with Crippen LogP contribution in [0.1, 0.15) is 16.8 Å². The summed E-state index contributed by atoms with van der Waals surface area (Å²) >= 11 is 1.48. The maximum Gasteiger partial charge on any atom is 0.331 e. The van der Waals surface area contributed by atoms with E-state index >= 15 is 0 Å². The fourth-order valence-electron chi connectivity index (χ4n) is 2.61. The summed E-state index contributed by atoms with van der Waals surface area (Å²) in [6.45, 7) is 2.13. The molecule has 6 heteroatoms. The lowest BCUT2D eigenvalue weighted by Crippen LogP contribution is -2.01. The number of nitrogens with zero attached hydrogens (tertiary/aromatic N) is 1. The van der Waals surface area contributed by atoms with Crippen molar-refractivity contribution in [3.63, 3.8) is 0 Å². The van der Waals surface area contributed by atoms with Crippen LogP contribution in [0.5, 0.6) is 11.5 Å². The number of thiazole rings is 1. The Morgan fingerprint density at radius 3 is 2.68 bits per heavy atom. The number of carbonyl (C=O) groups is 1. The van der Waals surface area contributed by atoms with Gasteiger partial charge in [0.25, 0.3) is 0 Å². The predicted molar refractivity (Wildman–Crippen MR) is 111 cm³/mol. The average molecular weight is 395 g/mol. The number of aromatic nitrogens is 1. The number of esters is 1. The van der Waals surface area contributed by atoms with Crippen LogP contribution in [0.2, 0.25) is 0 Å². The lowest BCUT2D eigenvalue weighted by Gasteiger charge is -2.08. The second kappa shape index (κ2) is 9.19. The molecule has 28 heavy (non-hydrogen) atoms. The van der Waals surface area contributed by atoms with Crippen LogP contribution in [0, 0.1) is 6.92 Å². The zero-order valence-electron chi connectivity index (χ0n) is 16.0. The summed E-state index contributed by atoms with van der Waals surface area (Å²) in [6.07, 6.45) is 3.17. The van der Waals surface area contributed by atoms with E-state index in [4.69, 9.17) is 14.2 Å². The third kappa shape index (κ3) is 4.98. The van der Waals surface area contributed by atoms with E-state index in [0.29, 0.717) is 17.2 Å². The molecule has 0 amide bonds. The van der Waals surface area contributed by atoms with Crippen LogP contribution >= 0.6 is 11.3 Å². The zero-order valence-corrected chi connectivity index (χ0v) is 16.8. The van der Waals surface area contributed by atoms with Crippen molar-refractivity contribution in [1.82, 2.24) is 4.98 Å². The Kier molecular flexibility index (Phi) is 6.45. The molecule has 0 aliphatic carbocycles. The summed E-state index contributed by atoms with van der Waals surface area (Å²) in [7, 11) is 3.19. The number of benzene rings is 2. The van der Waals surface area contributed by atoms with Crippen molar-refractivity contribution in [3.8, 4) is 22.1 Å². The zero-order chi connectivity index (χ0) is 19.9. The minimum Gasteiger partial charge on any atom is -0.493 e. The molecule has 144 valence electrons. The van der Waals surface area contributed by atoms with E-state index in [9.17, 15) is 4.79 Å². The summed E-state index contributed by atoms with van der Waals surface area (Å²) < 4.78 is 15.9. The highest BCUT2D eigenvalue weighted by atomic mass is 32.1. The van der Waals surface area contributed by atoms with Gasteiger partial charge in [0.15, 0.2) is 11.5 Å². The molecule has 0 atom stereocenters. The topological polar surface area (TPSA) is 57.7 Å². The lowest BCUT2D eigenvalue weighted by molar-refractivity contribution is -0.139. The summed E-state index contributed by atoms with van der Waals surface area (Å²) in [5, 5.41) is 2.70. The predicted octanol–water partition coefficient (Wildman–Crippen LogP) is 4.89. The van der Waals surface area contributed by atoms with Gasteiger partial charge in [-0.15, -0.1) is 11.3 Å².